The molecule has 0 spiro atoms. The summed E-state index contributed by atoms with van der Waals surface area (Å²) < 4.78 is 5.26. The molecule has 1 aliphatic heterocycles. The van der Waals surface area contributed by atoms with Crippen molar-refractivity contribution in [1.29, 1.82) is 0 Å². The molecular formula is C17H28N2O. The SMILES string of the molecule is COCC(C)CN1CC(Cc2ccccc2)NCC1C. The standard InChI is InChI=1S/C17H28N2O/c1-14(13-20-3)11-19-12-17(18-10-15(19)2)9-16-7-5-4-6-8-16/h4-8,14-15,17-18H,9-13H2,1-3H3. The van der Waals surface area contributed by atoms with E-state index in [1.165, 1.54) is 5.56 Å². The molecule has 112 valence electrons. The number of hydrogen-bond donors (Lipinski definition) is 1. The van der Waals surface area contributed by atoms with Crippen LogP contribution in [0.2, 0.25) is 0 Å². The summed E-state index contributed by atoms with van der Waals surface area (Å²) in [5.74, 6) is 0.595. The van der Waals surface area contributed by atoms with Crippen LogP contribution >= 0.6 is 0 Å². The molecule has 0 bridgehead atoms. The van der Waals surface area contributed by atoms with Crippen LogP contribution in [0.4, 0.5) is 0 Å². The molecule has 1 fully saturated rings. The monoisotopic (exact) mass is 276 g/mol. The molecule has 1 aromatic rings. The average Bonchev–Trinajstić information content (AvgIpc) is 2.44. The molecule has 3 heteroatoms. The van der Waals surface area contributed by atoms with Gasteiger partial charge in [0.25, 0.3) is 0 Å². The third-order valence-electron chi connectivity index (χ3n) is 4.10. The number of hydrogen-bond acceptors (Lipinski definition) is 3. The van der Waals surface area contributed by atoms with Crippen LogP contribution < -0.4 is 5.32 Å². The summed E-state index contributed by atoms with van der Waals surface area (Å²) in [7, 11) is 1.79. The molecular weight excluding hydrogens is 248 g/mol. The van der Waals surface area contributed by atoms with E-state index in [0.29, 0.717) is 18.0 Å². The maximum atomic E-state index is 5.26. The van der Waals surface area contributed by atoms with Gasteiger partial charge in [0.1, 0.15) is 0 Å². The summed E-state index contributed by atoms with van der Waals surface area (Å²) in [4.78, 5) is 2.60. The minimum Gasteiger partial charge on any atom is -0.384 e. The molecule has 1 saturated heterocycles. The number of rotatable bonds is 6. The Morgan fingerprint density at radius 2 is 2.10 bits per heavy atom. The van der Waals surface area contributed by atoms with Crippen LogP contribution in [0.3, 0.4) is 0 Å². The Balaban J connectivity index is 1.87. The Kier molecular flexibility index (Phi) is 6.02. The highest BCUT2D eigenvalue weighted by molar-refractivity contribution is 5.16. The highest BCUT2D eigenvalue weighted by Crippen LogP contribution is 2.13. The highest BCUT2D eigenvalue weighted by atomic mass is 16.5. The molecule has 1 heterocycles. The van der Waals surface area contributed by atoms with Gasteiger partial charge >= 0.3 is 0 Å². The van der Waals surface area contributed by atoms with Crippen molar-refractivity contribution in [2.45, 2.75) is 32.4 Å². The predicted molar refractivity (Wildman–Crippen MR) is 84.0 cm³/mol. The fraction of sp³-hybridized carbons (Fsp3) is 0.647. The van der Waals surface area contributed by atoms with Crippen molar-refractivity contribution in [1.82, 2.24) is 10.2 Å². The van der Waals surface area contributed by atoms with Crippen LogP contribution in [0.25, 0.3) is 0 Å². The topological polar surface area (TPSA) is 24.5 Å². The van der Waals surface area contributed by atoms with E-state index in [9.17, 15) is 0 Å². The molecule has 0 saturated carbocycles. The smallest absolute Gasteiger partial charge is 0.0500 e. The van der Waals surface area contributed by atoms with E-state index in [0.717, 1.165) is 32.7 Å². The molecule has 0 radical (unpaired) electrons. The van der Waals surface area contributed by atoms with E-state index < -0.39 is 0 Å². The summed E-state index contributed by atoms with van der Waals surface area (Å²) in [5, 5.41) is 3.68. The molecule has 2 rings (SSSR count). The normalized spacial score (nSPS) is 25.6. The molecule has 1 aliphatic rings. The van der Waals surface area contributed by atoms with Gasteiger partial charge in [0.15, 0.2) is 0 Å². The van der Waals surface area contributed by atoms with Crippen LogP contribution in [-0.2, 0) is 11.2 Å². The average molecular weight is 276 g/mol. The summed E-state index contributed by atoms with van der Waals surface area (Å²) in [6.45, 7) is 8.76. The van der Waals surface area contributed by atoms with E-state index in [4.69, 9.17) is 4.74 Å². The highest BCUT2D eigenvalue weighted by Gasteiger charge is 2.25. The Labute approximate surface area is 123 Å². The number of methoxy groups -OCH3 is 1. The molecule has 20 heavy (non-hydrogen) atoms. The Morgan fingerprint density at radius 3 is 2.80 bits per heavy atom. The van der Waals surface area contributed by atoms with Gasteiger partial charge < -0.3 is 10.1 Å². The van der Waals surface area contributed by atoms with Crippen LogP contribution in [0.15, 0.2) is 30.3 Å². The van der Waals surface area contributed by atoms with Gasteiger partial charge in [0, 0.05) is 45.4 Å². The zero-order valence-electron chi connectivity index (χ0n) is 13.0. The van der Waals surface area contributed by atoms with Gasteiger partial charge in [-0.15, -0.1) is 0 Å². The number of piperazine rings is 1. The lowest BCUT2D eigenvalue weighted by Gasteiger charge is -2.40. The molecule has 0 aliphatic carbocycles. The number of benzene rings is 1. The largest absolute Gasteiger partial charge is 0.384 e. The first-order chi connectivity index (χ1) is 9.69. The van der Waals surface area contributed by atoms with Crippen molar-refractivity contribution in [3.63, 3.8) is 0 Å². The summed E-state index contributed by atoms with van der Waals surface area (Å²) >= 11 is 0. The van der Waals surface area contributed by atoms with Crippen molar-refractivity contribution >= 4 is 0 Å². The summed E-state index contributed by atoms with van der Waals surface area (Å²) in [6.07, 6.45) is 1.11. The van der Waals surface area contributed by atoms with Gasteiger partial charge in [0.2, 0.25) is 0 Å². The van der Waals surface area contributed by atoms with E-state index in [1.807, 2.05) is 0 Å². The molecule has 3 nitrogen and oxygen atoms in total. The fourth-order valence-corrected chi connectivity index (χ4v) is 3.02. The van der Waals surface area contributed by atoms with Gasteiger partial charge in [-0.05, 0) is 24.8 Å². The number of nitrogens with zero attached hydrogens (tertiary/aromatic N) is 1. The second-order valence-corrected chi connectivity index (χ2v) is 6.16. The quantitative estimate of drug-likeness (QED) is 0.862. The van der Waals surface area contributed by atoms with Crippen LogP contribution in [0, 0.1) is 5.92 Å². The first kappa shape index (κ1) is 15.5. The Hall–Kier alpha value is -0.900. The van der Waals surface area contributed by atoms with Gasteiger partial charge in [-0.3, -0.25) is 4.90 Å². The minimum absolute atomic E-state index is 0.559. The van der Waals surface area contributed by atoms with Crippen molar-refractivity contribution in [2.24, 2.45) is 5.92 Å². The van der Waals surface area contributed by atoms with Crippen LogP contribution in [0.5, 0.6) is 0 Å². The fourth-order valence-electron chi connectivity index (χ4n) is 3.02. The van der Waals surface area contributed by atoms with Gasteiger partial charge in [-0.25, -0.2) is 0 Å². The maximum absolute atomic E-state index is 5.26. The van der Waals surface area contributed by atoms with Crippen molar-refractivity contribution in [3.05, 3.63) is 35.9 Å². The van der Waals surface area contributed by atoms with Gasteiger partial charge in [-0.2, -0.15) is 0 Å². The molecule has 0 amide bonds. The lowest BCUT2D eigenvalue weighted by Crippen LogP contribution is -2.57. The summed E-state index contributed by atoms with van der Waals surface area (Å²) in [6, 6.07) is 11.9. The molecule has 3 atom stereocenters. The van der Waals surface area contributed by atoms with Crippen LogP contribution in [-0.4, -0.2) is 50.3 Å². The first-order valence-electron chi connectivity index (χ1n) is 7.69. The second-order valence-electron chi connectivity index (χ2n) is 6.16. The van der Waals surface area contributed by atoms with Crippen molar-refractivity contribution < 1.29 is 4.74 Å². The van der Waals surface area contributed by atoms with Crippen LogP contribution in [0.1, 0.15) is 19.4 Å². The summed E-state index contributed by atoms with van der Waals surface area (Å²) in [5.41, 5.74) is 1.42. The van der Waals surface area contributed by atoms with Crippen molar-refractivity contribution in [2.75, 3.05) is 33.4 Å². The predicted octanol–water partition coefficient (Wildman–Crippen LogP) is 2.17. The Bertz CT molecular complexity index is 382. The minimum atomic E-state index is 0.559. The molecule has 0 aromatic heterocycles. The van der Waals surface area contributed by atoms with E-state index >= 15 is 0 Å². The third kappa shape index (κ3) is 4.58. The first-order valence-corrected chi connectivity index (χ1v) is 7.69. The Morgan fingerprint density at radius 1 is 1.35 bits per heavy atom. The van der Waals surface area contributed by atoms with E-state index in [1.54, 1.807) is 7.11 Å². The van der Waals surface area contributed by atoms with Gasteiger partial charge in [-0.1, -0.05) is 37.3 Å². The van der Waals surface area contributed by atoms with E-state index in [-0.39, 0.29) is 0 Å². The van der Waals surface area contributed by atoms with Crippen molar-refractivity contribution in [3.8, 4) is 0 Å². The lowest BCUT2D eigenvalue weighted by molar-refractivity contribution is 0.0873. The lowest BCUT2D eigenvalue weighted by atomic mass is 10.0. The maximum Gasteiger partial charge on any atom is 0.0500 e. The second kappa shape index (κ2) is 7.77. The third-order valence-corrected chi connectivity index (χ3v) is 4.10. The molecule has 1 aromatic carbocycles. The zero-order chi connectivity index (χ0) is 14.4. The number of nitrogens with one attached hydrogen (secondary N) is 1. The number of ether oxygens (including phenoxy) is 1. The van der Waals surface area contributed by atoms with E-state index in [2.05, 4.69) is 54.4 Å². The zero-order valence-corrected chi connectivity index (χ0v) is 13.0. The molecule has 3 unspecified atom stereocenters. The molecule has 1 N–H and O–H groups in total. The van der Waals surface area contributed by atoms with Gasteiger partial charge in [0.05, 0.1) is 0 Å².